The van der Waals surface area contributed by atoms with Crippen molar-refractivity contribution in [1.29, 1.82) is 0 Å². The summed E-state index contributed by atoms with van der Waals surface area (Å²) >= 11 is 0. The molecule has 0 amide bonds. The molecule has 9 heteroatoms. The van der Waals surface area contributed by atoms with Gasteiger partial charge in [-0.15, -0.1) is 0 Å². The number of rotatable bonds is 3. The van der Waals surface area contributed by atoms with Gasteiger partial charge in [0.2, 0.25) is 10.9 Å². The lowest BCUT2D eigenvalue weighted by molar-refractivity contribution is -0.0654. The van der Waals surface area contributed by atoms with Crippen molar-refractivity contribution in [3.8, 4) is 0 Å². The Kier molecular flexibility index (Phi) is 4.31. The third-order valence-corrected chi connectivity index (χ3v) is 4.01. The molecule has 2 rings (SSSR count). The molecule has 1 saturated heterocycles. The molecule has 2 heterocycles. The van der Waals surface area contributed by atoms with Gasteiger partial charge in [-0.2, -0.15) is 13.2 Å². The minimum absolute atomic E-state index is 0.0616. The zero-order chi connectivity index (χ0) is 14.1. The average Bonchev–Trinajstić information content (AvgIpc) is 2.80. The average molecular weight is 304 g/mol. The van der Waals surface area contributed by atoms with E-state index in [2.05, 4.69) is 4.18 Å². The van der Waals surface area contributed by atoms with Gasteiger partial charge in [0.25, 0.3) is 0 Å². The molecule has 112 valence electrons. The monoisotopic (exact) mass is 304 g/mol. The van der Waals surface area contributed by atoms with Crippen molar-refractivity contribution in [2.45, 2.75) is 24.5 Å². The van der Waals surface area contributed by atoms with Gasteiger partial charge in [-0.3, -0.25) is 9.11 Å². The first-order chi connectivity index (χ1) is 8.79. The molecular weight excluding hydrogens is 289 g/mol. The SMILES string of the molecule is OS(O)(OC1=CC(C2CCOC2)OCC1)C(F)(F)F. The Labute approximate surface area is 109 Å². The van der Waals surface area contributed by atoms with Gasteiger partial charge in [-0.1, -0.05) is 0 Å². The Morgan fingerprint density at radius 1 is 1.32 bits per heavy atom. The van der Waals surface area contributed by atoms with Crippen molar-refractivity contribution >= 4 is 10.9 Å². The summed E-state index contributed by atoms with van der Waals surface area (Å²) in [5.41, 5.74) is -5.20. The van der Waals surface area contributed by atoms with Crippen LogP contribution in [0.25, 0.3) is 0 Å². The van der Waals surface area contributed by atoms with E-state index < -0.39 is 22.5 Å². The summed E-state index contributed by atoms with van der Waals surface area (Å²) in [6.45, 7) is 1.25. The van der Waals surface area contributed by atoms with E-state index in [1.165, 1.54) is 6.08 Å². The molecule has 2 N–H and O–H groups in total. The van der Waals surface area contributed by atoms with Crippen LogP contribution in [0.4, 0.5) is 13.2 Å². The standard InChI is InChI=1S/C10H15F3O5S/c11-10(12,13)19(14,15)18-8-2-4-17-9(5-8)7-1-3-16-6-7/h5,7,9,14-15H,1-4,6H2. The van der Waals surface area contributed by atoms with Crippen LogP contribution in [0.15, 0.2) is 11.8 Å². The molecule has 0 aromatic carbocycles. The maximum Gasteiger partial charge on any atom is 0.504 e. The van der Waals surface area contributed by atoms with Gasteiger partial charge in [0.1, 0.15) is 5.76 Å². The second kappa shape index (κ2) is 5.49. The second-order valence-corrected chi connectivity index (χ2v) is 5.99. The minimum Gasteiger partial charge on any atom is -0.401 e. The Morgan fingerprint density at radius 3 is 2.63 bits per heavy atom. The van der Waals surface area contributed by atoms with E-state index in [-0.39, 0.29) is 24.7 Å². The van der Waals surface area contributed by atoms with E-state index in [4.69, 9.17) is 18.6 Å². The van der Waals surface area contributed by atoms with Crippen LogP contribution in [0.2, 0.25) is 0 Å². The lowest BCUT2D eigenvalue weighted by atomic mass is 9.99. The number of halogens is 3. The fourth-order valence-corrected chi connectivity index (χ4v) is 2.49. The highest BCUT2D eigenvalue weighted by Gasteiger charge is 2.52. The van der Waals surface area contributed by atoms with Crippen molar-refractivity contribution in [2.24, 2.45) is 5.92 Å². The van der Waals surface area contributed by atoms with Gasteiger partial charge < -0.3 is 13.7 Å². The number of alkyl halides is 3. The predicted octanol–water partition coefficient (Wildman–Crippen LogP) is 2.90. The predicted molar refractivity (Wildman–Crippen MR) is 61.4 cm³/mol. The topological polar surface area (TPSA) is 68.2 Å². The van der Waals surface area contributed by atoms with Gasteiger partial charge in [0.05, 0.1) is 19.3 Å². The molecule has 0 radical (unpaired) electrons. The summed E-state index contributed by atoms with van der Waals surface area (Å²) in [7, 11) is -5.10. The second-order valence-electron chi connectivity index (χ2n) is 4.37. The quantitative estimate of drug-likeness (QED) is 0.839. The summed E-state index contributed by atoms with van der Waals surface area (Å²) < 4.78 is 69.8. The molecule has 0 aromatic rings. The van der Waals surface area contributed by atoms with Crippen LogP contribution in [0.5, 0.6) is 0 Å². The Hall–Kier alpha value is -0.480. The van der Waals surface area contributed by atoms with E-state index in [1.54, 1.807) is 0 Å². The zero-order valence-electron chi connectivity index (χ0n) is 9.93. The number of hydrogen-bond donors (Lipinski definition) is 2. The largest absolute Gasteiger partial charge is 0.504 e. The highest BCUT2D eigenvalue weighted by molar-refractivity contribution is 8.21. The molecule has 0 bridgehead atoms. The Morgan fingerprint density at radius 2 is 2.05 bits per heavy atom. The first-order valence-corrected chi connectivity index (χ1v) is 7.21. The third kappa shape index (κ3) is 3.54. The van der Waals surface area contributed by atoms with E-state index in [0.717, 1.165) is 6.42 Å². The van der Waals surface area contributed by atoms with Crippen molar-refractivity contribution in [2.75, 3.05) is 19.8 Å². The summed E-state index contributed by atoms with van der Waals surface area (Å²) in [6, 6.07) is 0. The van der Waals surface area contributed by atoms with Gasteiger partial charge in [-0.05, 0) is 12.5 Å². The van der Waals surface area contributed by atoms with Crippen molar-refractivity contribution in [3.63, 3.8) is 0 Å². The van der Waals surface area contributed by atoms with Crippen LogP contribution >= 0.6 is 10.9 Å². The molecule has 2 atom stereocenters. The van der Waals surface area contributed by atoms with Crippen LogP contribution < -0.4 is 0 Å². The number of hydrogen-bond acceptors (Lipinski definition) is 5. The van der Waals surface area contributed by atoms with Gasteiger partial charge in [-0.25, -0.2) is 0 Å². The summed E-state index contributed by atoms with van der Waals surface area (Å²) in [5.74, 6) is -0.0351. The van der Waals surface area contributed by atoms with E-state index >= 15 is 0 Å². The molecule has 2 aliphatic heterocycles. The molecule has 0 aliphatic carbocycles. The normalized spacial score (nSPS) is 30.1. The highest BCUT2D eigenvalue weighted by atomic mass is 32.3. The van der Waals surface area contributed by atoms with Crippen LogP contribution in [0, 0.1) is 5.92 Å². The van der Waals surface area contributed by atoms with Gasteiger partial charge in [0.15, 0.2) is 0 Å². The maximum atomic E-state index is 12.3. The minimum atomic E-state index is -5.20. The third-order valence-electron chi connectivity index (χ3n) is 2.96. The Bertz CT molecular complexity index is 352. The molecule has 2 unspecified atom stereocenters. The lowest BCUT2D eigenvalue weighted by Gasteiger charge is -2.32. The van der Waals surface area contributed by atoms with Crippen LogP contribution in [-0.2, 0) is 13.7 Å². The highest BCUT2D eigenvalue weighted by Crippen LogP contribution is 2.58. The molecule has 19 heavy (non-hydrogen) atoms. The van der Waals surface area contributed by atoms with E-state index in [0.29, 0.717) is 13.2 Å². The zero-order valence-corrected chi connectivity index (χ0v) is 10.7. The summed E-state index contributed by atoms with van der Waals surface area (Å²) in [4.78, 5) is 0. The van der Waals surface area contributed by atoms with Crippen LogP contribution in [0.1, 0.15) is 12.8 Å². The summed E-state index contributed by atoms with van der Waals surface area (Å²) in [5, 5.41) is 0. The fraction of sp³-hybridized carbons (Fsp3) is 0.800. The number of ether oxygens (including phenoxy) is 2. The maximum absolute atomic E-state index is 12.3. The molecular formula is C10H15F3O5S. The van der Waals surface area contributed by atoms with Crippen LogP contribution in [-0.4, -0.2) is 40.5 Å². The first kappa shape index (κ1) is 14.9. The molecule has 0 saturated carbocycles. The van der Waals surface area contributed by atoms with Crippen molar-refractivity contribution < 1.29 is 35.9 Å². The molecule has 0 spiro atoms. The van der Waals surface area contributed by atoms with Gasteiger partial charge >= 0.3 is 5.51 Å². The summed E-state index contributed by atoms with van der Waals surface area (Å²) in [6.07, 6.45) is 1.80. The molecule has 0 aromatic heterocycles. The van der Waals surface area contributed by atoms with Crippen LogP contribution in [0.3, 0.4) is 0 Å². The molecule has 5 nitrogen and oxygen atoms in total. The Balaban J connectivity index is 2.03. The molecule has 1 fully saturated rings. The fourth-order valence-electron chi connectivity index (χ4n) is 1.96. The van der Waals surface area contributed by atoms with Crippen molar-refractivity contribution in [1.82, 2.24) is 0 Å². The van der Waals surface area contributed by atoms with Crippen molar-refractivity contribution in [3.05, 3.63) is 11.8 Å². The molecule has 2 aliphatic rings. The van der Waals surface area contributed by atoms with Gasteiger partial charge in [0, 0.05) is 18.9 Å². The first-order valence-electron chi connectivity index (χ1n) is 5.73. The smallest absolute Gasteiger partial charge is 0.401 e. The lowest BCUT2D eigenvalue weighted by Crippen LogP contribution is -2.28. The van der Waals surface area contributed by atoms with E-state index in [9.17, 15) is 13.2 Å². The van der Waals surface area contributed by atoms with E-state index in [1.807, 2.05) is 0 Å².